The number of nitrogens with zero attached hydrogens (tertiary/aromatic N) is 3. The van der Waals surface area contributed by atoms with E-state index < -0.39 is 11.8 Å². The Morgan fingerprint density at radius 1 is 1.18 bits per heavy atom. The minimum atomic E-state index is -1.07. The summed E-state index contributed by atoms with van der Waals surface area (Å²) in [6.45, 7) is 0. The molecule has 0 amide bonds. The average molecular weight is 374 g/mol. The molecule has 0 saturated heterocycles. The number of aromatic carboxylic acids is 1. The fraction of sp³-hybridized carbons (Fsp3) is 0. The van der Waals surface area contributed by atoms with Crippen LogP contribution in [0.2, 0.25) is 0 Å². The standard InChI is InChI=1S/C20H11FN4O3/c21-16-7-12(26)5-6-13(16)18-14(8-22)17(15-9-23-25-19(15)24-18)10-1-3-11(4-2-10)20(27)28/h1-7,9,26H,(H,27,28)(H,23,24,25). The van der Waals surface area contributed by atoms with E-state index in [9.17, 15) is 19.6 Å². The molecule has 0 unspecified atom stereocenters. The van der Waals surface area contributed by atoms with Crippen LogP contribution in [0.3, 0.4) is 0 Å². The second-order valence-electron chi connectivity index (χ2n) is 6.00. The molecule has 28 heavy (non-hydrogen) atoms. The number of rotatable bonds is 3. The number of benzene rings is 2. The Balaban J connectivity index is 2.04. The van der Waals surface area contributed by atoms with E-state index in [1.54, 1.807) is 12.1 Å². The van der Waals surface area contributed by atoms with Crippen LogP contribution >= 0.6 is 0 Å². The molecular weight excluding hydrogens is 363 g/mol. The minimum Gasteiger partial charge on any atom is -0.508 e. The highest BCUT2D eigenvalue weighted by Crippen LogP contribution is 2.37. The molecule has 8 heteroatoms. The van der Waals surface area contributed by atoms with Gasteiger partial charge in [0.1, 0.15) is 17.6 Å². The summed E-state index contributed by atoms with van der Waals surface area (Å²) in [7, 11) is 0. The second-order valence-corrected chi connectivity index (χ2v) is 6.00. The molecule has 0 aliphatic carbocycles. The molecule has 2 heterocycles. The van der Waals surface area contributed by atoms with E-state index in [-0.39, 0.29) is 28.1 Å². The molecule has 0 aliphatic rings. The number of carboxylic acids is 1. The van der Waals surface area contributed by atoms with E-state index in [0.717, 1.165) is 6.07 Å². The van der Waals surface area contributed by atoms with Crippen molar-refractivity contribution in [1.29, 1.82) is 5.26 Å². The van der Waals surface area contributed by atoms with Gasteiger partial charge >= 0.3 is 5.97 Å². The molecule has 0 fully saturated rings. The first-order valence-electron chi connectivity index (χ1n) is 8.09. The lowest BCUT2D eigenvalue weighted by Gasteiger charge is -2.12. The van der Waals surface area contributed by atoms with Gasteiger partial charge in [-0.2, -0.15) is 10.4 Å². The zero-order valence-electron chi connectivity index (χ0n) is 14.1. The van der Waals surface area contributed by atoms with Crippen LogP contribution in [-0.2, 0) is 0 Å². The van der Waals surface area contributed by atoms with Crippen molar-refractivity contribution in [2.24, 2.45) is 0 Å². The number of hydrogen-bond acceptors (Lipinski definition) is 5. The summed E-state index contributed by atoms with van der Waals surface area (Å²) in [5.74, 6) is -2.04. The maximum atomic E-state index is 14.5. The fourth-order valence-corrected chi connectivity index (χ4v) is 3.05. The number of fused-ring (bicyclic) bond motifs is 1. The van der Waals surface area contributed by atoms with Gasteiger partial charge in [-0.05, 0) is 29.8 Å². The van der Waals surface area contributed by atoms with Crippen LogP contribution in [0.1, 0.15) is 15.9 Å². The molecule has 0 spiro atoms. The van der Waals surface area contributed by atoms with Gasteiger partial charge in [-0.3, -0.25) is 5.10 Å². The first-order valence-corrected chi connectivity index (χ1v) is 8.09. The van der Waals surface area contributed by atoms with Crippen LogP contribution in [-0.4, -0.2) is 31.4 Å². The van der Waals surface area contributed by atoms with Crippen molar-refractivity contribution >= 4 is 17.0 Å². The number of nitrogens with one attached hydrogen (secondary N) is 1. The van der Waals surface area contributed by atoms with Crippen molar-refractivity contribution in [2.75, 3.05) is 0 Å². The Morgan fingerprint density at radius 3 is 2.57 bits per heavy atom. The zero-order chi connectivity index (χ0) is 19.8. The summed E-state index contributed by atoms with van der Waals surface area (Å²) in [5.41, 5.74) is 1.73. The number of aromatic nitrogens is 3. The number of carbonyl (C=O) groups is 1. The molecule has 0 atom stereocenters. The Bertz CT molecular complexity index is 1270. The molecule has 2 aromatic carbocycles. The molecule has 0 aliphatic heterocycles. The highest BCUT2D eigenvalue weighted by molar-refractivity contribution is 5.99. The fourth-order valence-electron chi connectivity index (χ4n) is 3.05. The van der Waals surface area contributed by atoms with Gasteiger partial charge < -0.3 is 10.2 Å². The SMILES string of the molecule is N#Cc1c(-c2ccc(O)cc2F)nc2[nH]ncc2c1-c1ccc(C(=O)O)cc1. The van der Waals surface area contributed by atoms with Crippen molar-refractivity contribution in [3.8, 4) is 34.2 Å². The van der Waals surface area contributed by atoms with Crippen LogP contribution in [0, 0.1) is 17.1 Å². The summed E-state index contributed by atoms with van der Waals surface area (Å²) in [6.07, 6.45) is 1.50. The van der Waals surface area contributed by atoms with Crippen LogP contribution in [0.4, 0.5) is 4.39 Å². The van der Waals surface area contributed by atoms with Gasteiger partial charge in [0.2, 0.25) is 0 Å². The van der Waals surface area contributed by atoms with Crippen molar-refractivity contribution in [2.45, 2.75) is 0 Å². The number of pyridine rings is 1. The largest absolute Gasteiger partial charge is 0.508 e. The monoisotopic (exact) mass is 374 g/mol. The third-order valence-corrected chi connectivity index (χ3v) is 4.34. The molecule has 4 aromatic rings. The Kier molecular flexibility index (Phi) is 3.98. The number of hydrogen-bond donors (Lipinski definition) is 3. The average Bonchev–Trinajstić information content (AvgIpc) is 3.15. The molecule has 2 aromatic heterocycles. The number of carboxylic acid groups (broad SMARTS) is 1. The highest BCUT2D eigenvalue weighted by Gasteiger charge is 2.21. The van der Waals surface area contributed by atoms with E-state index in [2.05, 4.69) is 21.3 Å². The maximum absolute atomic E-state index is 14.5. The maximum Gasteiger partial charge on any atom is 0.335 e. The second kappa shape index (κ2) is 6.48. The number of halogens is 1. The van der Waals surface area contributed by atoms with Gasteiger partial charge in [-0.25, -0.2) is 14.2 Å². The van der Waals surface area contributed by atoms with E-state index in [1.165, 1.54) is 30.5 Å². The Morgan fingerprint density at radius 2 is 1.93 bits per heavy atom. The van der Waals surface area contributed by atoms with Crippen molar-refractivity contribution in [3.63, 3.8) is 0 Å². The summed E-state index contributed by atoms with van der Waals surface area (Å²) in [5, 5.41) is 35.6. The first-order chi connectivity index (χ1) is 13.5. The normalized spacial score (nSPS) is 10.7. The Labute approximate surface area is 157 Å². The third kappa shape index (κ3) is 2.71. The minimum absolute atomic E-state index is 0.0502. The van der Waals surface area contributed by atoms with Gasteiger partial charge in [0.15, 0.2) is 5.65 Å². The first kappa shape index (κ1) is 17.2. The number of phenolic OH excluding ortho intramolecular Hbond substituents is 1. The summed E-state index contributed by atoms with van der Waals surface area (Å²) in [6, 6.07) is 11.6. The van der Waals surface area contributed by atoms with Crippen LogP contribution in [0.15, 0.2) is 48.7 Å². The molecule has 136 valence electrons. The van der Waals surface area contributed by atoms with Gasteiger partial charge in [-0.15, -0.1) is 0 Å². The summed E-state index contributed by atoms with van der Waals surface area (Å²) < 4.78 is 14.5. The van der Waals surface area contributed by atoms with Gasteiger partial charge in [0, 0.05) is 22.6 Å². The van der Waals surface area contributed by atoms with Crippen molar-refractivity contribution in [3.05, 3.63) is 65.6 Å². The van der Waals surface area contributed by atoms with Crippen LogP contribution in [0.25, 0.3) is 33.4 Å². The molecule has 0 saturated carbocycles. The van der Waals surface area contributed by atoms with Gasteiger partial charge in [0.05, 0.1) is 23.0 Å². The number of phenols is 1. The van der Waals surface area contributed by atoms with E-state index in [4.69, 9.17) is 5.11 Å². The molecule has 7 nitrogen and oxygen atoms in total. The lowest BCUT2D eigenvalue weighted by Crippen LogP contribution is -1.99. The quantitative estimate of drug-likeness (QED) is 0.502. The molecule has 0 radical (unpaired) electrons. The molecule has 3 N–H and O–H groups in total. The van der Waals surface area contributed by atoms with E-state index >= 15 is 0 Å². The molecule has 0 bridgehead atoms. The number of H-pyrrole nitrogens is 1. The van der Waals surface area contributed by atoms with Gasteiger partial charge in [-0.1, -0.05) is 12.1 Å². The number of nitriles is 1. The number of aromatic amines is 1. The number of aromatic hydroxyl groups is 1. The molecule has 4 rings (SSSR count). The lowest BCUT2D eigenvalue weighted by atomic mass is 9.93. The highest BCUT2D eigenvalue weighted by atomic mass is 19.1. The lowest BCUT2D eigenvalue weighted by molar-refractivity contribution is 0.0697. The van der Waals surface area contributed by atoms with Crippen molar-refractivity contribution < 1.29 is 19.4 Å². The third-order valence-electron chi connectivity index (χ3n) is 4.34. The topological polar surface area (TPSA) is 123 Å². The van der Waals surface area contributed by atoms with Gasteiger partial charge in [0.25, 0.3) is 0 Å². The van der Waals surface area contributed by atoms with Crippen molar-refractivity contribution in [1.82, 2.24) is 15.2 Å². The smallest absolute Gasteiger partial charge is 0.335 e. The summed E-state index contributed by atoms with van der Waals surface area (Å²) in [4.78, 5) is 15.4. The predicted molar refractivity (Wildman–Crippen MR) is 98.1 cm³/mol. The van der Waals surface area contributed by atoms with E-state index in [1.807, 2.05) is 0 Å². The van der Waals surface area contributed by atoms with E-state index in [0.29, 0.717) is 22.2 Å². The van der Waals surface area contributed by atoms with Crippen LogP contribution in [0.5, 0.6) is 5.75 Å². The predicted octanol–water partition coefficient (Wildman–Crippen LogP) is 3.71. The molecular formula is C20H11FN4O3. The Hall–Kier alpha value is -4.25. The van der Waals surface area contributed by atoms with Crippen LogP contribution < -0.4 is 0 Å². The zero-order valence-corrected chi connectivity index (χ0v) is 14.1. The summed E-state index contributed by atoms with van der Waals surface area (Å²) >= 11 is 0.